The molecule has 0 heterocycles. The van der Waals surface area contributed by atoms with Gasteiger partial charge in [-0.25, -0.2) is 4.79 Å². The molecule has 0 aliphatic heterocycles. The first-order valence-corrected chi connectivity index (χ1v) is 8.57. The Kier molecular flexibility index (Phi) is 6.52. The summed E-state index contributed by atoms with van der Waals surface area (Å²) in [5.74, 6) is -0.266. The molecule has 1 unspecified atom stereocenters. The third-order valence-corrected chi connectivity index (χ3v) is 5.20. The third-order valence-electron chi connectivity index (χ3n) is 3.97. The molecule has 1 aromatic carbocycles. The van der Waals surface area contributed by atoms with Crippen molar-refractivity contribution in [2.75, 3.05) is 7.11 Å². The first-order chi connectivity index (χ1) is 10.1. The van der Waals surface area contributed by atoms with Crippen LogP contribution >= 0.6 is 27.5 Å². The van der Waals surface area contributed by atoms with Gasteiger partial charge in [0, 0.05) is 10.5 Å². The van der Waals surface area contributed by atoms with E-state index in [2.05, 4.69) is 21.2 Å². The average Bonchev–Trinajstić information content (AvgIpc) is 2.75. The standard InChI is InChI=1S/C16H21BrClNO2/c1-21-16(20)15(11-8-9-13(17)14(18)10-11)19-12-6-4-2-3-5-7-12/h8-10,12,15,19H,2-7H2,1H3. The first-order valence-electron chi connectivity index (χ1n) is 7.40. The molecule has 0 amide bonds. The van der Waals surface area contributed by atoms with Crippen LogP contribution < -0.4 is 5.32 Å². The van der Waals surface area contributed by atoms with Crippen LogP contribution in [0.3, 0.4) is 0 Å². The zero-order valence-electron chi connectivity index (χ0n) is 12.2. The molecule has 1 N–H and O–H groups in total. The first kappa shape index (κ1) is 16.8. The molecule has 116 valence electrons. The van der Waals surface area contributed by atoms with E-state index in [9.17, 15) is 4.79 Å². The summed E-state index contributed by atoms with van der Waals surface area (Å²) >= 11 is 9.52. The monoisotopic (exact) mass is 373 g/mol. The fraction of sp³-hybridized carbons (Fsp3) is 0.562. The van der Waals surface area contributed by atoms with Gasteiger partial charge in [0.05, 0.1) is 12.1 Å². The van der Waals surface area contributed by atoms with Gasteiger partial charge in [0.1, 0.15) is 6.04 Å². The lowest BCUT2D eigenvalue weighted by Gasteiger charge is -2.24. The molecule has 21 heavy (non-hydrogen) atoms. The van der Waals surface area contributed by atoms with Crippen LogP contribution in [-0.2, 0) is 9.53 Å². The van der Waals surface area contributed by atoms with E-state index in [4.69, 9.17) is 16.3 Å². The highest BCUT2D eigenvalue weighted by Crippen LogP contribution is 2.28. The van der Waals surface area contributed by atoms with Crippen LogP contribution in [0.15, 0.2) is 22.7 Å². The maximum absolute atomic E-state index is 12.1. The molecule has 1 aliphatic rings. The summed E-state index contributed by atoms with van der Waals surface area (Å²) in [4.78, 5) is 12.1. The SMILES string of the molecule is COC(=O)C(NC1CCCCCC1)c1ccc(Br)c(Cl)c1. The van der Waals surface area contributed by atoms with E-state index < -0.39 is 6.04 Å². The van der Waals surface area contributed by atoms with Crippen molar-refractivity contribution < 1.29 is 9.53 Å². The van der Waals surface area contributed by atoms with Gasteiger partial charge >= 0.3 is 5.97 Å². The number of esters is 1. The molecule has 3 nitrogen and oxygen atoms in total. The van der Waals surface area contributed by atoms with Crippen LogP contribution in [0.4, 0.5) is 0 Å². The number of carbonyl (C=O) groups is 1. The quantitative estimate of drug-likeness (QED) is 0.617. The van der Waals surface area contributed by atoms with Crippen LogP contribution in [0.5, 0.6) is 0 Å². The van der Waals surface area contributed by atoms with E-state index in [1.54, 1.807) is 0 Å². The Labute approximate surface area is 139 Å². The Morgan fingerprint density at radius 3 is 2.57 bits per heavy atom. The van der Waals surface area contributed by atoms with Crippen molar-refractivity contribution in [3.63, 3.8) is 0 Å². The van der Waals surface area contributed by atoms with Gasteiger partial charge in [-0.15, -0.1) is 0 Å². The number of ether oxygens (including phenoxy) is 1. The highest BCUT2D eigenvalue weighted by molar-refractivity contribution is 9.10. The smallest absolute Gasteiger partial charge is 0.327 e. The zero-order valence-corrected chi connectivity index (χ0v) is 14.5. The van der Waals surface area contributed by atoms with Crippen molar-refractivity contribution in [3.8, 4) is 0 Å². The van der Waals surface area contributed by atoms with Crippen molar-refractivity contribution in [1.29, 1.82) is 0 Å². The Bertz CT molecular complexity index is 487. The number of rotatable bonds is 4. The minimum atomic E-state index is -0.455. The van der Waals surface area contributed by atoms with E-state index in [1.165, 1.54) is 32.8 Å². The number of nitrogens with one attached hydrogen (secondary N) is 1. The van der Waals surface area contributed by atoms with Crippen molar-refractivity contribution in [1.82, 2.24) is 5.32 Å². The van der Waals surface area contributed by atoms with Gasteiger partial charge in [0.2, 0.25) is 0 Å². The molecule has 2 rings (SSSR count). The summed E-state index contributed by atoms with van der Waals surface area (Å²) in [5, 5.41) is 4.06. The summed E-state index contributed by atoms with van der Waals surface area (Å²) < 4.78 is 5.78. The molecule has 1 fully saturated rings. The normalized spacial score (nSPS) is 18.0. The van der Waals surface area contributed by atoms with Crippen molar-refractivity contribution in [3.05, 3.63) is 33.3 Å². The second kappa shape index (κ2) is 8.16. The van der Waals surface area contributed by atoms with Crippen LogP contribution in [0, 0.1) is 0 Å². The maximum Gasteiger partial charge on any atom is 0.327 e. The molecule has 0 bridgehead atoms. The van der Waals surface area contributed by atoms with Gasteiger partial charge in [0.25, 0.3) is 0 Å². The van der Waals surface area contributed by atoms with E-state index >= 15 is 0 Å². The van der Waals surface area contributed by atoms with Gasteiger partial charge in [-0.3, -0.25) is 5.32 Å². The van der Waals surface area contributed by atoms with E-state index in [0.717, 1.165) is 22.9 Å². The molecule has 1 atom stereocenters. The largest absolute Gasteiger partial charge is 0.468 e. The van der Waals surface area contributed by atoms with E-state index in [1.807, 2.05) is 18.2 Å². The summed E-state index contributed by atoms with van der Waals surface area (Å²) in [6.07, 6.45) is 7.21. The molecular formula is C16H21BrClNO2. The molecule has 1 aromatic rings. The number of carbonyl (C=O) groups excluding carboxylic acids is 1. The molecule has 5 heteroatoms. The van der Waals surface area contributed by atoms with Gasteiger partial charge in [-0.2, -0.15) is 0 Å². The molecule has 0 radical (unpaired) electrons. The van der Waals surface area contributed by atoms with Gasteiger partial charge in [-0.1, -0.05) is 43.4 Å². The maximum atomic E-state index is 12.1. The number of hydrogen-bond donors (Lipinski definition) is 1. The molecular weight excluding hydrogens is 354 g/mol. The fourth-order valence-corrected chi connectivity index (χ4v) is 3.23. The Morgan fingerprint density at radius 2 is 2.00 bits per heavy atom. The topological polar surface area (TPSA) is 38.3 Å². The summed E-state index contributed by atoms with van der Waals surface area (Å²) in [5.41, 5.74) is 0.847. The zero-order chi connectivity index (χ0) is 15.2. The fourth-order valence-electron chi connectivity index (χ4n) is 2.79. The highest BCUT2D eigenvalue weighted by atomic mass is 79.9. The average molecular weight is 375 g/mol. The third kappa shape index (κ3) is 4.70. The molecule has 0 aromatic heterocycles. The molecule has 1 aliphatic carbocycles. The lowest BCUT2D eigenvalue weighted by Crippen LogP contribution is -2.37. The Hall–Kier alpha value is -0.580. The van der Waals surface area contributed by atoms with Crippen molar-refractivity contribution in [2.24, 2.45) is 0 Å². The molecule has 1 saturated carbocycles. The summed E-state index contributed by atoms with van der Waals surface area (Å²) in [7, 11) is 1.42. The molecule has 0 saturated heterocycles. The van der Waals surface area contributed by atoms with Gasteiger partial charge < -0.3 is 4.74 Å². The number of benzene rings is 1. The molecule has 0 spiro atoms. The predicted octanol–water partition coefficient (Wildman–Crippen LogP) is 4.63. The van der Waals surface area contributed by atoms with Crippen molar-refractivity contribution >= 4 is 33.5 Å². The minimum absolute atomic E-state index is 0.266. The van der Waals surface area contributed by atoms with Crippen LogP contribution in [-0.4, -0.2) is 19.1 Å². The number of hydrogen-bond acceptors (Lipinski definition) is 3. The number of halogens is 2. The Morgan fingerprint density at radius 1 is 1.33 bits per heavy atom. The Balaban J connectivity index is 2.17. The second-order valence-electron chi connectivity index (χ2n) is 5.48. The van der Waals surface area contributed by atoms with Crippen molar-refractivity contribution in [2.45, 2.75) is 50.6 Å². The predicted molar refractivity (Wildman–Crippen MR) is 88.5 cm³/mol. The summed E-state index contributed by atoms with van der Waals surface area (Å²) in [6, 6.07) is 5.49. The lowest BCUT2D eigenvalue weighted by atomic mass is 10.0. The number of methoxy groups -OCH3 is 1. The van der Waals surface area contributed by atoms with Gasteiger partial charge in [0.15, 0.2) is 0 Å². The van der Waals surface area contributed by atoms with Crippen LogP contribution in [0.25, 0.3) is 0 Å². The summed E-state index contributed by atoms with van der Waals surface area (Å²) in [6.45, 7) is 0. The van der Waals surface area contributed by atoms with E-state index in [0.29, 0.717) is 11.1 Å². The van der Waals surface area contributed by atoms with Crippen LogP contribution in [0.1, 0.15) is 50.1 Å². The lowest BCUT2D eigenvalue weighted by molar-refractivity contribution is -0.143. The van der Waals surface area contributed by atoms with Gasteiger partial charge in [-0.05, 0) is 46.5 Å². The second-order valence-corrected chi connectivity index (χ2v) is 6.75. The van der Waals surface area contributed by atoms with Crippen LogP contribution in [0.2, 0.25) is 5.02 Å². The highest BCUT2D eigenvalue weighted by Gasteiger charge is 2.25. The minimum Gasteiger partial charge on any atom is -0.468 e. The van der Waals surface area contributed by atoms with E-state index in [-0.39, 0.29) is 5.97 Å².